The lowest BCUT2D eigenvalue weighted by atomic mass is 10.1. The van der Waals surface area contributed by atoms with E-state index in [-0.39, 0.29) is 11.8 Å². The first kappa shape index (κ1) is 19.6. The van der Waals surface area contributed by atoms with Crippen LogP contribution in [-0.2, 0) is 13.0 Å². The summed E-state index contributed by atoms with van der Waals surface area (Å²) >= 11 is 5.85. The highest BCUT2D eigenvalue weighted by molar-refractivity contribution is 6.30. The van der Waals surface area contributed by atoms with Crippen LogP contribution in [0.3, 0.4) is 0 Å². The van der Waals surface area contributed by atoms with E-state index in [0.717, 1.165) is 12.0 Å². The van der Waals surface area contributed by atoms with E-state index in [2.05, 4.69) is 10.6 Å². The molecule has 0 saturated carbocycles. The molecule has 0 aliphatic carbocycles. The number of carbonyl (C=O) groups is 2. The average Bonchev–Trinajstić information content (AvgIpc) is 2.74. The highest BCUT2D eigenvalue weighted by atomic mass is 35.5. The smallest absolute Gasteiger partial charge is 0.251 e. The Bertz CT molecular complexity index is 923. The van der Waals surface area contributed by atoms with Crippen molar-refractivity contribution in [2.75, 3.05) is 6.54 Å². The summed E-state index contributed by atoms with van der Waals surface area (Å²) in [5.74, 6) is -0.338. The third kappa shape index (κ3) is 5.69. The maximum Gasteiger partial charge on any atom is 0.251 e. The zero-order valence-corrected chi connectivity index (χ0v) is 16.1. The molecular formula is C23H21ClN2O2. The monoisotopic (exact) mass is 392 g/mol. The lowest BCUT2D eigenvalue weighted by Gasteiger charge is -2.08. The van der Waals surface area contributed by atoms with Gasteiger partial charge >= 0.3 is 0 Å². The standard InChI is InChI=1S/C23H21ClN2O2/c24-21-12-6-18(7-13-21)16-26-23(28)20-10-8-19(9-11-20)22(27)25-15-14-17-4-2-1-3-5-17/h1-13H,14-16H2,(H,25,27)(H,26,28). The van der Waals surface area contributed by atoms with Crippen molar-refractivity contribution in [3.8, 4) is 0 Å². The van der Waals surface area contributed by atoms with Gasteiger partial charge in [0.05, 0.1) is 0 Å². The second kappa shape index (κ2) is 9.72. The predicted molar refractivity (Wildman–Crippen MR) is 112 cm³/mol. The second-order valence-electron chi connectivity index (χ2n) is 6.38. The molecule has 0 aliphatic rings. The molecule has 0 atom stereocenters. The molecule has 0 fully saturated rings. The van der Waals surface area contributed by atoms with Crippen LogP contribution in [0.15, 0.2) is 78.9 Å². The minimum atomic E-state index is -0.189. The first-order valence-corrected chi connectivity index (χ1v) is 9.44. The van der Waals surface area contributed by atoms with Gasteiger partial charge in [0.15, 0.2) is 0 Å². The molecule has 2 amide bonds. The van der Waals surface area contributed by atoms with E-state index in [4.69, 9.17) is 11.6 Å². The first-order valence-electron chi connectivity index (χ1n) is 9.06. The summed E-state index contributed by atoms with van der Waals surface area (Å²) in [4.78, 5) is 24.5. The summed E-state index contributed by atoms with van der Waals surface area (Å²) in [5, 5.41) is 6.41. The Morgan fingerprint density at radius 2 is 1.25 bits per heavy atom. The molecule has 28 heavy (non-hydrogen) atoms. The van der Waals surface area contributed by atoms with E-state index in [0.29, 0.717) is 29.2 Å². The fourth-order valence-corrected chi connectivity index (χ4v) is 2.85. The number of halogens is 1. The molecule has 0 unspecified atom stereocenters. The van der Waals surface area contributed by atoms with Crippen molar-refractivity contribution in [2.45, 2.75) is 13.0 Å². The van der Waals surface area contributed by atoms with Gasteiger partial charge < -0.3 is 10.6 Å². The lowest BCUT2D eigenvalue weighted by molar-refractivity contribution is 0.0940. The highest BCUT2D eigenvalue weighted by Gasteiger charge is 2.09. The molecular weight excluding hydrogens is 372 g/mol. The minimum absolute atomic E-state index is 0.149. The van der Waals surface area contributed by atoms with Crippen molar-refractivity contribution in [2.24, 2.45) is 0 Å². The maximum atomic E-state index is 12.3. The molecule has 0 saturated heterocycles. The molecule has 3 aromatic carbocycles. The van der Waals surface area contributed by atoms with Gasteiger partial charge in [-0.15, -0.1) is 0 Å². The van der Waals surface area contributed by atoms with Crippen molar-refractivity contribution in [3.63, 3.8) is 0 Å². The van der Waals surface area contributed by atoms with Crippen LogP contribution in [0.1, 0.15) is 31.8 Å². The molecule has 3 aromatic rings. The van der Waals surface area contributed by atoms with Gasteiger partial charge in [-0.05, 0) is 53.9 Å². The van der Waals surface area contributed by atoms with Crippen molar-refractivity contribution in [3.05, 3.63) is 106 Å². The molecule has 0 aromatic heterocycles. The Hall–Kier alpha value is -3.11. The topological polar surface area (TPSA) is 58.2 Å². The molecule has 4 nitrogen and oxygen atoms in total. The molecule has 2 N–H and O–H groups in total. The lowest BCUT2D eigenvalue weighted by Crippen LogP contribution is -2.26. The fourth-order valence-electron chi connectivity index (χ4n) is 2.73. The van der Waals surface area contributed by atoms with Gasteiger partial charge in [-0.1, -0.05) is 54.1 Å². The van der Waals surface area contributed by atoms with Gasteiger partial charge in [0.2, 0.25) is 0 Å². The normalized spacial score (nSPS) is 10.3. The van der Waals surface area contributed by atoms with Crippen LogP contribution in [0.5, 0.6) is 0 Å². The Labute approximate surface area is 169 Å². The summed E-state index contributed by atoms with van der Waals surface area (Å²) in [6.45, 7) is 0.976. The van der Waals surface area contributed by atoms with Gasteiger partial charge in [-0.25, -0.2) is 0 Å². The summed E-state index contributed by atoms with van der Waals surface area (Å²) in [7, 11) is 0. The van der Waals surface area contributed by atoms with E-state index in [1.54, 1.807) is 36.4 Å². The van der Waals surface area contributed by atoms with E-state index in [1.165, 1.54) is 5.56 Å². The van der Waals surface area contributed by atoms with Gasteiger partial charge in [-0.3, -0.25) is 9.59 Å². The number of hydrogen-bond acceptors (Lipinski definition) is 2. The van der Waals surface area contributed by atoms with Crippen molar-refractivity contribution < 1.29 is 9.59 Å². The average molecular weight is 393 g/mol. The van der Waals surface area contributed by atoms with E-state index >= 15 is 0 Å². The van der Waals surface area contributed by atoms with Crippen LogP contribution in [0, 0.1) is 0 Å². The highest BCUT2D eigenvalue weighted by Crippen LogP contribution is 2.10. The van der Waals surface area contributed by atoms with Crippen LogP contribution in [-0.4, -0.2) is 18.4 Å². The van der Waals surface area contributed by atoms with Crippen LogP contribution in [0.25, 0.3) is 0 Å². The number of hydrogen-bond donors (Lipinski definition) is 2. The van der Waals surface area contributed by atoms with Crippen LogP contribution in [0.2, 0.25) is 5.02 Å². The molecule has 0 heterocycles. The molecule has 142 valence electrons. The Morgan fingerprint density at radius 3 is 1.86 bits per heavy atom. The van der Waals surface area contributed by atoms with Crippen LogP contribution < -0.4 is 10.6 Å². The number of benzene rings is 3. The molecule has 0 bridgehead atoms. The molecule has 3 rings (SSSR count). The largest absolute Gasteiger partial charge is 0.352 e. The third-order valence-electron chi connectivity index (χ3n) is 4.32. The van der Waals surface area contributed by atoms with Gasteiger partial charge in [-0.2, -0.15) is 0 Å². The Kier molecular flexibility index (Phi) is 6.82. The maximum absolute atomic E-state index is 12.3. The summed E-state index contributed by atoms with van der Waals surface area (Å²) in [5.41, 5.74) is 3.18. The van der Waals surface area contributed by atoms with Gasteiger partial charge in [0.25, 0.3) is 11.8 Å². The minimum Gasteiger partial charge on any atom is -0.352 e. The van der Waals surface area contributed by atoms with E-state index < -0.39 is 0 Å². The van der Waals surface area contributed by atoms with Crippen molar-refractivity contribution in [1.82, 2.24) is 10.6 Å². The zero-order chi connectivity index (χ0) is 19.8. The molecule has 5 heteroatoms. The Balaban J connectivity index is 1.48. The van der Waals surface area contributed by atoms with E-state index in [1.807, 2.05) is 42.5 Å². The number of rotatable bonds is 7. The SMILES string of the molecule is O=C(NCCc1ccccc1)c1ccc(C(=O)NCc2ccc(Cl)cc2)cc1. The summed E-state index contributed by atoms with van der Waals surface area (Å²) < 4.78 is 0. The van der Waals surface area contributed by atoms with Crippen LogP contribution >= 0.6 is 11.6 Å². The molecule has 0 spiro atoms. The third-order valence-corrected chi connectivity index (χ3v) is 4.57. The van der Waals surface area contributed by atoms with Gasteiger partial charge in [0, 0.05) is 29.2 Å². The summed E-state index contributed by atoms with van der Waals surface area (Å²) in [6.07, 6.45) is 0.776. The van der Waals surface area contributed by atoms with Crippen molar-refractivity contribution in [1.29, 1.82) is 0 Å². The second-order valence-corrected chi connectivity index (χ2v) is 6.81. The number of amides is 2. The quantitative estimate of drug-likeness (QED) is 0.631. The zero-order valence-electron chi connectivity index (χ0n) is 15.3. The molecule has 0 aliphatic heterocycles. The fraction of sp³-hybridized carbons (Fsp3) is 0.130. The summed E-state index contributed by atoms with van der Waals surface area (Å²) in [6, 6.07) is 23.9. The first-order chi connectivity index (χ1) is 13.6. The number of nitrogens with one attached hydrogen (secondary N) is 2. The van der Waals surface area contributed by atoms with E-state index in [9.17, 15) is 9.59 Å². The molecule has 0 radical (unpaired) electrons. The van der Waals surface area contributed by atoms with Crippen LogP contribution in [0.4, 0.5) is 0 Å². The predicted octanol–water partition coefficient (Wildman–Crippen LogP) is 4.24. The Morgan fingerprint density at radius 1 is 0.679 bits per heavy atom. The van der Waals surface area contributed by atoms with Gasteiger partial charge in [0.1, 0.15) is 0 Å². The number of carbonyl (C=O) groups excluding carboxylic acids is 2. The van der Waals surface area contributed by atoms with Crippen molar-refractivity contribution >= 4 is 23.4 Å².